The summed E-state index contributed by atoms with van der Waals surface area (Å²) in [5.74, 6) is 2.02. The highest BCUT2D eigenvalue weighted by Crippen LogP contribution is 2.77. The number of carbonyl (C=O) groups is 2. The van der Waals surface area contributed by atoms with Gasteiger partial charge in [0, 0.05) is 11.3 Å². The summed E-state index contributed by atoms with van der Waals surface area (Å²) in [5, 5.41) is 0. The van der Waals surface area contributed by atoms with Gasteiger partial charge in [-0.25, -0.2) is 0 Å². The van der Waals surface area contributed by atoms with Crippen molar-refractivity contribution in [1.29, 1.82) is 0 Å². The van der Waals surface area contributed by atoms with Crippen molar-refractivity contribution >= 4 is 11.9 Å². The van der Waals surface area contributed by atoms with Gasteiger partial charge in [-0.3, -0.25) is 15.3 Å². The number of allylic oxidation sites excluding steroid dienone is 1. The van der Waals surface area contributed by atoms with Crippen LogP contribution < -0.4 is 11.5 Å². The fourth-order valence-electron chi connectivity index (χ4n) is 12.6. The van der Waals surface area contributed by atoms with Crippen molar-refractivity contribution in [2.75, 3.05) is 0 Å². The minimum absolute atomic E-state index is 0.0470. The number of esters is 2. The first kappa shape index (κ1) is 34.9. The summed E-state index contributed by atoms with van der Waals surface area (Å²) in [6, 6.07) is -0.575. The van der Waals surface area contributed by atoms with Crippen LogP contribution >= 0.6 is 0 Å². The van der Waals surface area contributed by atoms with Crippen molar-refractivity contribution < 1.29 is 19.1 Å². The Bertz CT molecular complexity index is 1180. The van der Waals surface area contributed by atoms with E-state index in [2.05, 4.69) is 48.1 Å². The van der Waals surface area contributed by atoms with Gasteiger partial charge in [0.25, 0.3) is 0 Å². The van der Waals surface area contributed by atoms with Gasteiger partial charge in [0.05, 0.1) is 5.41 Å². The molecular formula is C39H66N2O4. The molecule has 5 aliphatic rings. The smallest absolute Gasteiger partial charge is 0.323 e. The number of ether oxygens (including phenoxy) is 2. The lowest BCUT2D eigenvalue weighted by Crippen LogP contribution is -2.67. The molecule has 45 heavy (non-hydrogen) atoms. The van der Waals surface area contributed by atoms with Crippen LogP contribution in [0, 0.1) is 68.5 Å². The molecular weight excluding hydrogens is 560 g/mol. The molecule has 0 aromatic heterocycles. The van der Waals surface area contributed by atoms with Gasteiger partial charge in [0.15, 0.2) is 6.23 Å². The zero-order valence-corrected chi connectivity index (χ0v) is 30.3. The van der Waals surface area contributed by atoms with Crippen molar-refractivity contribution in [3.63, 3.8) is 0 Å². The minimum Gasteiger partial charge on any atom is -0.461 e. The molecule has 6 heteroatoms. The van der Waals surface area contributed by atoms with Crippen LogP contribution in [0.15, 0.2) is 12.2 Å². The van der Waals surface area contributed by atoms with Crippen LogP contribution in [0.1, 0.15) is 133 Å². The second-order valence-corrected chi connectivity index (χ2v) is 18.5. The Hall–Kier alpha value is -1.40. The van der Waals surface area contributed by atoms with Gasteiger partial charge in [-0.1, -0.05) is 74.5 Å². The highest BCUT2D eigenvalue weighted by molar-refractivity contribution is 5.78. The van der Waals surface area contributed by atoms with Crippen LogP contribution in [-0.2, 0) is 19.1 Å². The number of hydrogen-bond acceptors (Lipinski definition) is 6. The zero-order chi connectivity index (χ0) is 33.5. The first-order valence-electron chi connectivity index (χ1n) is 18.4. The second kappa shape index (κ2) is 11.6. The van der Waals surface area contributed by atoms with Crippen LogP contribution in [-0.4, -0.2) is 30.3 Å². The summed E-state index contributed by atoms with van der Waals surface area (Å²) in [6.45, 7) is 27.2. The molecule has 0 spiro atoms. The Morgan fingerprint density at radius 2 is 1.44 bits per heavy atom. The molecule has 0 saturated heterocycles. The highest BCUT2D eigenvalue weighted by Gasteiger charge is 2.72. The molecule has 0 radical (unpaired) electrons. The normalized spacial score (nSPS) is 45.0. The number of rotatable bonds is 7. The average molecular weight is 627 g/mol. The second-order valence-electron chi connectivity index (χ2n) is 18.5. The minimum atomic E-state index is -0.575. The van der Waals surface area contributed by atoms with E-state index in [9.17, 15) is 9.59 Å². The molecule has 5 aliphatic carbocycles. The lowest BCUT2D eigenvalue weighted by Gasteiger charge is -2.72. The molecule has 0 aromatic carbocycles. The van der Waals surface area contributed by atoms with E-state index in [4.69, 9.17) is 20.9 Å². The lowest BCUT2D eigenvalue weighted by atomic mass is 9.32. The molecule has 5 saturated carbocycles. The predicted molar refractivity (Wildman–Crippen MR) is 181 cm³/mol. The fourth-order valence-corrected chi connectivity index (χ4v) is 12.6. The molecule has 0 aromatic rings. The first-order chi connectivity index (χ1) is 20.8. The summed E-state index contributed by atoms with van der Waals surface area (Å²) in [7, 11) is 0. The molecule has 6 nitrogen and oxygen atoms in total. The number of nitrogens with two attached hydrogens (primary N) is 2. The molecule has 12 atom stereocenters. The Morgan fingerprint density at radius 3 is 2.04 bits per heavy atom. The molecule has 256 valence electrons. The SMILES string of the molecule is C=C(C)[C@@H]1CC[C@]2(C(=O)O[C@@H](N)C(C)C)CC[C@]3(C)[C@H](CC[C@@H]4[C@@]5(C)CC[C@H](OC(=O)[C@H](N)C(C)C)C(C)(C)[C@@H]5CC[C@]43C)[C@@H]12. The van der Waals surface area contributed by atoms with Crippen molar-refractivity contribution in [1.82, 2.24) is 0 Å². The van der Waals surface area contributed by atoms with Gasteiger partial charge in [-0.15, -0.1) is 0 Å². The monoisotopic (exact) mass is 627 g/mol. The standard InChI is InChI=1S/C39H66N2O4/c1-22(2)25-14-19-39(34(43)45-32(41)24(5)6)21-20-37(10)26(30(25)39)12-13-28-36(9)17-16-29(44-33(42)31(40)23(3)4)35(7,8)27(36)15-18-38(28,37)11/h23-32H,1,12-21,40-41H2,2-11H3/t25-,26+,27-,28+,29-,30+,31+,32+,36-,37+,38+,39-/m0/s1. The zero-order valence-electron chi connectivity index (χ0n) is 30.3. The maximum atomic E-state index is 14.1. The van der Waals surface area contributed by atoms with E-state index in [1.165, 1.54) is 18.4 Å². The van der Waals surface area contributed by atoms with E-state index in [0.717, 1.165) is 51.4 Å². The maximum absolute atomic E-state index is 14.1. The predicted octanol–water partition coefficient (Wildman–Crippen LogP) is 8.02. The van der Waals surface area contributed by atoms with E-state index in [1.54, 1.807) is 0 Å². The molecule has 0 bridgehead atoms. The Kier molecular flexibility index (Phi) is 9.03. The van der Waals surface area contributed by atoms with Gasteiger partial charge in [-0.05, 0) is 123 Å². The van der Waals surface area contributed by atoms with Crippen molar-refractivity contribution in [3.8, 4) is 0 Å². The molecule has 0 unspecified atom stereocenters. The van der Waals surface area contributed by atoms with Crippen LogP contribution in [0.5, 0.6) is 0 Å². The topological polar surface area (TPSA) is 105 Å². The van der Waals surface area contributed by atoms with E-state index in [0.29, 0.717) is 23.7 Å². The van der Waals surface area contributed by atoms with E-state index < -0.39 is 17.7 Å². The third kappa shape index (κ3) is 5.08. The number of fused-ring (bicyclic) bond motifs is 7. The quantitative estimate of drug-likeness (QED) is 0.168. The van der Waals surface area contributed by atoms with Crippen molar-refractivity contribution in [3.05, 3.63) is 12.2 Å². The molecule has 5 rings (SSSR count). The Morgan fingerprint density at radius 1 is 0.778 bits per heavy atom. The van der Waals surface area contributed by atoms with E-state index in [-0.39, 0.29) is 57.5 Å². The Balaban J connectivity index is 1.45. The summed E-state index contributed by atoms with van der Waals surface area (Å²) < 4.78 is 12.3. The third-order valence-corrected chi connectivity index (χ3v) is 15.6. The van der Waals surface area contributed by atoms with Crippen LogP contribution in [0.25, 0.3) is 0 Å². The molecule has 4 N–H and O–H groups in total. The van der Waals surface area contributed by atoms with Gasteiger partial charge in [0.1, 0.15) is 12.1 Å². The number of hydrogen-bond donors (Lipinski definition) is 2. The Labute approximate surface area is 274 Å². The lowest BCUT2D eigenvalue weighted by molar-refractivity contribution is -0.251. The maximum Gasteiger partial charge on any atom is 0.323 e. The molecule has 5 fully saturated rings. The summed E-state index contributed by atoms with van der Waals surface area (Å²) in [4.78, 5) is 27.1. The van der Waals surface area contributed by atoms with Gasteiger partial charge < -0.3 is 15.2 Å². The van der Waals surface area contributed by atoms with Crippen LogP contribution in [0.4, 0.5) is 0 Å². The van der Waals surface area contributed by atoms with E-state index in [1.807, 2.05) is 27.7 Å². The van der Waals surface area contributed by atoms with Crippen molar-refractivity contribution in [2.24, 2.45) is 80.0 Å². The summed E-state index contributed by atoms with van der Waals surface area (Å²) in [6.07, 6.45) is 9.85. The summed E-state index contributed by atoms with van der Waals surface area (Å²) in [5.41, 5.74) is 13.7. The van der Waals surface area contributed by atoms with Gasteiger partial charge in [-0.2, -0.15) is 0 Å². The first-order valence-corrected chi connectivity index (χ1v) is 18.4. The number of carbonyl (C=O) groups excluding carboxylic acids is 2. The van der Waals surface area contributed by atoms with Crippen molar-refractivity contribution in [2.45, 2.75) is 152 Å². The largest absolute Gasteiger partial charge is 0.461 e. The van der Waals surface area contributed by atoms with E-state index >= 15 is 0 Å². The third-order valence-electron chi connectivity index (χ3n) is 15.6. The fraction of sp³-hybridized carbons (Fsp3) is 0.897. The van der Waals surface area contributed by atoms with Crippen LogP contribution in [0.3, 0.4) is 0 Å². The highest BCUT2D eigenvalue weighted by atomic mass is 16.6. The van der Waals surface area contributed by atoms with Gasteiger partial charge in [0.2, 0.25) is 0 Å². The molecule has 0 amide bonds. The molecule has 0 aliphatic heterocycles. The summed E-state index contributed by atoms with van der Waals surface area (Å²) >= 11 is 0. The van der Waals surface area contributed by atoms with Crippen LogP contribution in [0.2, 0.25) is 0 Å². The van der Waals surface area contributed by atoms with Gasteiger partial charge >= 0.3 is 11.9 Å². The average Bonchev–Trinajstić information content (AvgIpc) is 3.35. The molecule has 0 heterocycles.